The van der Waals surface area contributed by atoms with E-state index < -0.39 is 19.7 Å². The minimum Gasteiger partial charge on any atom is -0.508 e. The zero-order chi connectivity index (χ0) is 24.0. The molecule has 0 spiro atoms. The molecule has 1 aliphatic rings. The maximum Gasteiger partial charge on any atom is 0.255 e. The summed E-state index contributed by atoms with van der Waals surface area (Å²) in [6, 6.07) is 10.2. The molecule has 7 heteroatoms. The van der Waals surface area contributed by atoms with Crippen LogP contribution in [0, 0.1) is 0 Å². The highest BCUT2D eigenvalue weighted by molar-refractivity contribution is 6.90. The molecule has 1 aliphatic heterocycles. The molecule has 0 aromatic heterocycles. The molecule has 1 heterocycles. The van der Waals surface area contributed by atoms with Crippen LogP contribution in [0.15, 0.2) is 36.4 Å². The number of amides is 2. The number of phenolic OH excluding ortho intramolecular Hbond substituents is 1. The average Bonchev–Trinajstić information content (AvgIpc) is 2.92. The molecule has 0 radical (unpaired) electrons. The van der Waals surface area contributed by atoms with Crippen molar-refractivity contribution in [3.8, 4) is 5.75 Å². The second kappa shape index (κ2) is 8.56. The minimum absolute atomic E-state index is 0.000561. The van der Waals surface area contributed by atoms with Crippen molar-refractivity contribution in [3.63, 3.8) is 0 Å². The molecular weight excluding hydrogens is 440 g/mol. The van der Waals surface area contributed by atoms with Gasteiger partial charge in [0.15, 0.2) is 0 Å². The van der Waals surface area contributed by atoms with Crippen molar-refractivity contribution in [1.82, 2.24) is 10.2 Å². The van der Waals surface area contributed by atoms with E-state index in [0.717, 1.165) is 10.8 Å². The fourth-order valence-electron chi connectivity index (χ4n) is 4.35. The van der Waals surface area contributed by atoms with E-state index in [4.69, 9.17) is 11.6 Å². The molecule has 0 fully saturated rings. The number of carbonyl (C=O) groups excluding carboxylic acids is 2. The Morgan fingerprint density at radius 1 is 1.16 bits per heavy atom. The minimum atomic E-state index is -2.07. The lowest BCUT2D eigenvalue weighted by molar-refractivity contribution is -0.127. The SMILES string of the molecule is CC(CN1C(=O)c2c(ccc(O)c2[Si](C)(C)C)C1C(=O)NC(C)(C)C)c1ccc(Cl)cc1. The number of benzene rings is 2. The molecule has 172 valence electrons. The van der Waals surface area contributed by atoms with Crippen LogP contribution in [0.2, 0.25) is 24.7 Å². The monoisotopic (exact) mass is 472 g/mol. The van der Waals surface area contributed by atoms with Crippen LogP contribution in [0.4, 0.5) is 0 Å². The van der Waals surface area contributed by atoms with E-state index in [0.29, 0.717) is 22.7 Å². The summed E-state index contributed by atoms with van der Waals surface area (Å²) in [5, 5.41) is 15.1. The second-order valence-electron chi connectivity index (χ2n) is 10.7. The topological polar surface area (TPSA) is 69.6 Å². The quantitative estimate of drug-likeness (QED) is 0.613. The summed E-state index contributed by atoms with van der Waals surface area (Å²) in [6.07, 6.45) is 0. The number of aromatic hydroxyl groups is 1. The van der Waals surface area contributed by atoms with Gasteiger partial charge in [-0.1, -0.05) is 56.4 Å². The first-order chi connectivity index (χ1) is 14.7. The lowest BCUT2D eigenvalue weighted by atomic mass is 9.99. The third-order valence-corrected chi connectivity index (χ3v) is 7.96. The summed E-state index contributed by atoms with van der Waals surface area (Å²) < 4.78 is 0. The molecule has 2 atom stereocenters. The van der Waals surface area contributed by atoms with Crippen LogP contribution in [0.5, 0.6) is 5.75 Å². The van der Waals surface area contributed by atoms with Gasteiger partial charge >= 0.3 is 0 Å². The first-order valence-electron chi connectivity index (χ1n) is 11.0. The van der Waals surface area contributed by atoms with Crippen LogP contribution in [-0.2, 0) is 4.79 Å². The molecule has 2 N–H and O–H groups in total. The van der Waals surface area contributed by atoms with Crippen LogP contribution in [0.3, 0.4) is 0 Å². The number of carbonyl (C=O) groups is 2. The van der Waals surface area contributed by atoms with Gasteiger partial charge in [-0.25, -0.2) is 0 Å². The van der Waals surface area contributed by atoms with E-state index in [1.807, 2.05) is 52.0 Å². The Bertz CT molecular complexity index is 1040. The standard InChI is InChI=1S/C25H33ClN2O3Si/c1-15(16-8-10-17(26)11-9-16)14-28-21(23(30)27-25(2,3)4)18-12-13-19(29)22(32(5,6)7)20(18)24(28)31/h8-13,15,21,29H,14H2,1-7H3,(H,27,30). The maximum atomic E-state index is 13.8. The third-order valence-electron chi connectivity index (χ3n) is 5.70. The maximum absolute atomic E-state index is 13.8. The number of nitrogens with zero attached hydrogens (tertiary/aromatic N) is 1. The van der Waals surface area contributed by atoms with Gasteiger partial charge < -0.3 is 15.3 Å². The Labute approximate surface area is 196 Å². The molecule has 0 bridgehead atoms. The van der Waals surface area contributed by atoms with Crippen LogP contribution in [-0.4, -0.2) is 42.0 Å². The van der Waals surface area contributed by atoms with Crippen molar-refractivity contribution in [3.05, 3.63) is 58.1 Å². The Balaban J connectivity index is 2.09. The molecule has 32 heavy (non-hydrogen) atoms. The fraction of sp³-hybridized carbons (Fsp3) is 0.440. The average molecular weight is 473 g/mol. The Morgan fingerprint density at radius 3 is 2.28 bits per heavy atom. The molecule has 3 rings (SSSR count). The molecule has 0 aliphatic carbocycles. The smallest absolute Gasteiger partial charge is 0.255 e. The van der Waals surface area contributed by atoms with Crippen molar-refractivity contribution >= 4 is 36.7 Å². The van der Waals surface area contributed by atoms with Gasteiger partial charge in [0.2, 0.25) is 5.91 Å². The number of hydrogen-bond acceptors (Lipinski definition) is 3. The van der Waals surface area contributed by atoms with Crippen molar-refractivity contribution in [2.75, 3.05) is 6.54 Å². The van der Waals surface area contributed by atoms with Crippen LogP contribution in [0.1, 0.15) is 61.1 Å². The number of rotatable bonds is 5. The second-order valence-corrected chi connectivity index (χ2v) is 16.2. The number of fused-ring (bicyclic) bond motifs is 1. The van der Waals surface area contributed by atoms with Crippen molar-refractivity contribution in [2.24, 2.45) is 0 Å². The highest BCUT2D eigenvalue weighted by Crippen LogP contribution is 2.38. The lowest BCUT2D eigenvalue weighted by Gasteiger charge is -2.30. The summed E-state index contributed by atoms with van der Waals surface area (Å²) in [5.74, 6) is -0.262. The number of phenols is 1. The van der Waals surface area contributed by atoms with Gasteiger partial charge in [0.05, 0.1) is 8.07 Å². The predicted molar refractivity (Wildman–Crippen MR) is 133 cm³/mol. The van der Waals surface area contributed by atoms with E-state index in [1.54, 1.807) is 17.0 Å². The summed E-state index contributed by atoms with van der Waals surface area (Å²) in [6.45, 7) is 14.5. The summed E-state index contributed by atoms with van der Waals surface area (Å²) in [7, 11) is -2.07. The van der Waals surface area contributed by atoms with Crippen molar-refractivity contribution in [1.29, 1.82) is 0 Å². The van der Waals surface area contributed by atoms with E-state index in [-0.39, 0.29) is 23.5 Å². The number of halogens is 1. The predicted octanol–water partition coefficient (Wildman–Crippen LogP) is 4.81. The highest BCUT2D eigenvalue weighted by atomic mass is 35.5. The molecule has 0 saturated carbocycles. The van der Waals surface area contributed by atoms with Gasteiger partial charge in [-0.05, 0) is 61.2 Å². The van der Waals surface area contributed by atoms with E-state index >= 15 is 0 Å². The van der Waals surface area contributed by atoms with Gasteiger partial charge in [0, 0.05) is 22.7 Å². The van der Waals surface area contributed by atoms with Crippen LogP contribution in [0.25, 0.3) is 0 Å². The fourth-order valence-corrected chi connectivity index (χ4v) is 6.33. The zero-order valence-electron chi connectivity index (χ0n) is 19.9. The van der Waals surface area contributed by atoms with Crippen molar-refractivity contribution < 1.29 is 14.7 Å². The van der Waals surface area contributed by atoms with Gasteiger partial charge in [-0.2, -0.15) is 0 Å². The molecular formula is C25H33ClN2O3Si. The summed E-state index contributed by atoms with van der Waals surface area (Å²) in [4.78, 5) is 28.8. The van der Waals surface area contributed by atoms with E-state index in [9.17, 15) is 14.7 Å². The number of hydrogen-bond donors (Lipinski definition) is 2. The molecule has 0 saturated heterocycles. The van der Waals surface area contributed by atoms with E-state index in [1.165, 1.54) is 0 Å². The Morgan fingerprint density at radius 2 is 1.75 bits per heavy atom. The largest absolute Gasteiger partial charge is 0.508 e. The lowest BCUT2D eigenvalue weighted by Crippen LogP contribution is -2.47. The molecule has 2 aromatic carbocycles. The van der Waals surface area contributed by atoms with Gasteiger partial charge in [0.1, 0.15) is 11.8 Å². The normalized spacial score (nSPS) is 17.3. The van der Waals surface area contributed by atoms with Gasteiger partial charge in [0.25, 0.3) is 5.91 Å². The van der Waals surface area contributed by atoms with Crippen molar-refractivity contribution in [2.45, 2.75) is 64.8 Å². The first kappa shape index (κ1) is 24.3. The van der Waals surface area contributed by atoms with E-state index in [2.05, 4.69) is 25.0 Å². The zero-order valence-corrected chi connectivity index (χ0v) is 21.7. The van der Waals surface area contributed by atoms with Gasteiger partial charge in [-0.3, -0.25) is 9.59 Å². The Kier molecular flexibility index (Phi) is 6.51. The number of nitrogens with one attached hydrogen (secondary N) is 1. The van der Waals surface area contributed by atoms with Crippen LogP contribution >= 0.6 is 11.6 Å². The molecule has 2 unspecified atom stereocenters. The first-order valence-corrected chi connectivity index (χ1v) is 14.8. The summed E-state index contributed by atoms with van der Waals surface area (Å²) in [5.41, 5.74) is 1.78. The third kappa shape index (κ3) is 4.86. The molecule has 2 amide bonds. The molecule has 5 nitrogen and oxygen atoms in total. The van der Waals surface area contributed by atoms with Crippen LogP contribution < -0.4 is 10.5 Å². The Hall–Kier alpha value is -2.31. The molecule has 2 aromatic rings. The highest BCUT2D eigenvalue weighted by Gasteiger charge is 2.45. The summed E-state index contributed by atoms with van der Waals surface area (Å²) >= 11 is 6.03. The van der Waals surface area contributed by atoms with Gasteiger partial charge in [-0.15, -0.1) is 0 Å².